The number of nitrogen functional groups attached to an aromatic ring is 1. The zero-order valence-corrected chi connectivity index (χ0v) is 22.2. The van der Waals surface area contributed by atoms with Crippen molar-refractivity contribution in [3.63, 3.8) is 0 Å². The van der Waals surface area contributed by atoms with Crippen LogP contribution in [0.5, 0.6) is 0 Å². The minimum absolute atomic E-state index is 0.00977. The molecule has 3 aromatic heterocycles. The Labute approximate surface area is 235 Å². The number of benzene rings is 1. The lowest BCUT2D eigenvalue weighted by molar-refractivity contribution is -0.150. The van der Waals surface area contributed by atoms with Crippen LogP contribution in [0.1, 0.15) is 60.3 Å². The molecule has 5 rings (SSSR count). The second-order valence-corrected chi connectivity index (χ2v) is 10.6. The van der Waals surface area contributed by atoms with E-state index in [-0.39, 0.29) is 45.0 Å². The number of carboxylic acids is 1. The number of pyridine rings is 1. The molecule has 9 nitrogen and oxygen atoms in total. The van der Waals surface area contributed by atoms with Gasteiger partial charge in [-0.2, -0.15) is 13.2 Å². The van der Waals surface area contributed by atoms with Gasteiger partial charge in [0, 0.05) is 23.2 Å². The highest BCUT2D eigenvalue weighted by Crippen LogP contribution is 2.45. The molecular formula is C27H23ClF4N6O3. The van der Waals surface area contributed by atoms with E-state index in [1.165, 1.54) is 18.3 Å². The summed E-state index contributed by atoms with van der Waals surface area (Å²) in [6, 6.07) is 4.96. The molecule has 0 saturated heterocycles. The van der Waals surface area contributed by atoms with Crippen molar-refractivity contribution in [3.8, 4) is 11.3 Å². The summed E-state index contributed by atoms with van der Waals surface area (Å²) in [5.74, 6) is -2.60. The second kappa shape index (κ2) is 10.3. The molecule has 1 saturated carbocycles. The van der Waals surface area contributed by atoms with Crippen molar-refractivity contribution in [2.75, 3.05) is 11.1 Å². The van der Waals surface area contributed by atoms with E-state index < -0.39 is 34.8 Å². The zero-order valence-electron chi connectivity index (χ0n) is 21.5. The first-order valence-corrected chi connectivity index (χ1v) is 12.9. The molecule has 1 fully saturated rings. The van der Waals surface area contributed by atoms with E-state index in [0.717, 1.165) is 18.3 Å². The predicted molar refractivity (Wildman–Crippen MR) is 142 cm³/mol. The molecule has 0 radical (unpaired) electrons. The molecular weight excluding hydrogens is 568 g/mol. The van der Waals surface area contributed by atoms with E-state index in [9.17, 15) is 27.9 Å². The van der Waals surface area contributed by atoms with Crippen LogP contribution in [0.2, 0.25) is 5.15 Å². The smallest absolute Gasteiger partial charge is 0.416 e. The monoisotopic (exact) mass is 590 g/mol. The number of alkyl halides is 3. The Morgan fingerprint density at radius 3 is 2.51 bits per heavy atom. The summed E-state index contributed by atoms with van der Waals surface area (Å²) in [5.41, 5.74) is 4.51. The Balaban J connectivity index is 1.48. The number of carboxylic acid groups (broad SMARTS) is 1. The van der Waals surface area contributed by atoms with Crippen LogP contribution in [-0.2, 0) is 11.0 Å². The van der Waals surface area contributed by atoms with Crippen LogP contribution in [-0.4, -0.2) is 36.3 Å². The molecule has 3 heterocycles. The number of imidazole rings is 1. The third-order valence-corrected chi connectivity index (χ3v) is 7.72. The molecule has 4 N–H and O–H groups in total. The highest BCUT2D eigenvalue weighted by Gasteiger charge is 2.39. The molecule has 1 aliphatic rings. The first-order valence-electron chi connectivity index (χ1n) is 12.5. The number of carbonyl (C=O) groups is 2. The standard InChI is InChI=1S/C27H23ClF4N6O3/c1-26(25(40)41)7-4-13(5-8-26)23-37-20(21-22(33)35-12-18(28)38(21)23)16-3-2-14(10-17(16)29)24(39)36-19-11-15(6-9-34-19)27(30,31)32/h2-3,6,9-13H,4-5,7-8H2,1H3,(H2,33,35)(H,40,41)(H,34,36,39). The number of halogens is 5. The highest BCUT2D eigenvalue weighted by atomic mass is 35.5. The van der Waals surface area contributed by atoms with Crippen molar-refractivity contribution in [2.45, 2.75) is 44.7 Å². The summed E-state index contributed by atoms with van der Waals surface area (Å²) in [7, 11) is 0. The number of rotatable bonds is 5. The quantitative estimate of drug-likeness (QED) is 0.236. The van der Waals surface area contributed by atoms with Gasteiger partial charge in [0.25, 0.3) is 5.91 Å². The van der Waals surface area contributed by atoms with Crippen molar-refractivity contribution < 1.29 is 32.3 Å². The van der Waals surface area contributed by atoms with Gasteiger partial charge in [-0.15, -0.1) is 0 Å². The molecule has 0 atom stereocenters. The van der Waals surface area contributed by atoms with Crippen LogP contribution in [0.15, 0.2) is 42.7 Å². The third-order valence-electron chi connectivity index (χ3n) is 7.46. The summed E-state index contributed by atoms with van der Waals surface area (Å²) >= 11 is 6.47. The molecule has 0 aliphatic heterocycles. The first kappa shape index (κ1) is 28.3. The average molecular weight is 591 g/mol. The number of nitrogens with two attached hydrogens (primary N) is 1. The van der Waals surface area contributed by atoms with Gasteiger partial charge in [0.15, 0.2) is 0 Å². The van der Waals surface area contributed by atoms with Crippen molar-refractivity contribution in [2.24, 2.45) is 5.41 Å². The molecule has 0 bridgehead atoms. The number of anilines is 2. The molecule has 214 valence electrons. The lowest BCUT2D eigenvalue weighted by Crippen LogP contribution is -2.32. The number of aliphatic carboxylic acids is 1. The van der Waals surface area contributed by atoms with Gasteiger partial charge in [0.1, 0.15) is 39.6 Å². The summed E-state index contributed by atoms with van der Waals surface area (Å²) < 4.78 is 56.1. The van der Waals surface area contributed by atoms with E-state index in [1.807, 2.05) is 0 Å². The molecule has 1 amide bonds. The molecule has 1 aromatic carbocycles. The Kier molecular flexibility index (Phi) is 7.10. The van der Waals surface area contributed by atoms with E-state index >= 15 is 4.39 Å². The van der Waals surface area contributed by atoms with Crippen LogP contribution < -0.4 is 11.1 Å². The molecule has 4 aromatic rings. The fraction of sp³-hybridized carbons (Fsp3) is 0.296. The molecule has 1 aliphatic carbocycles. The average Bonchev–Trinajstić information content (AvgIpc) is 3.32. The minimum Gasteiger partial charge on any atom is -0.481 e. The SMILES string of the molecule is CC1(C(=O)O)CCC(c2nc(-c3ccc(C(=O)Nc4cc(C(F)(F)F)ccn4)cc3F)c3c(N)ncc(Cl)n23)CC1. The van der Waals surface area contributed by atoms with Gasteiger partial charge >= 0.3 is 12.1 Å². The number of nitrogens with zero attached hydrogens (tertiary/aromatic N) is 4. The summed E-state index contributed by atoms with van der Waals surface area (Å²) in [4.78, 5) is 36.9. The summed E-state index contributed by atoms with van der Waals surface area (Å²) in [5, 5.41) is 12.0. The minimum atomic E-state index is -4.63. The lowest BCUT2D eigenvalue weighted by Gasteiger charge is -2.33. The summed E-state index contributed by atoms with van der Waals surface area (Å²) in [6.07, 6.45) is -0.551. The fourth-order valence-electron chi connectivity index (χ4n) is 5.03. The Morgan fingerprint density at radius 2 is 1.88 bits per heavy atom. The topological polar surface area (TPSA) is 135 Å². The highest BCUT2D eigenvalue weighted by molar-refractivity contribution is 6.30. The Bertz CT molecular complexity index is 1680. The van der Waals surface area contributed by atoms with Gasteiger partial charge in [-0.25, -0.2) is 19.3 Å². The number of amides is 1. The maximum absolute atomic E-state index is 15.5. The lowest BCUT2D eigenvalue weighted by atomic mass is 9.71. The van der Waals surface area contributed by atoms with Gasteiger partial charge in [0.05, 0.1) is 17.2 Å². The number of aromatic nitrogens is 4. The number of nitrogens with one attached hydrogen (secondary N) is 1. The molecule has 0 spiro atoms. The maximum Gasteiger partial charge on any atom is 0.416 e. The first-order chi connectivity index (χ1) is 19.3. The predicted octanol–water partition coefficient (Wildman–Crippen LogP) is 6.19. The molecule has 14 heteroatoms. The third kappa shape index (κ3) is 5.29. The van der Waals surface area contributed by atoms with E-state index in [1.54, 1.807) is 11.3 Å². The van der Waals surface area contributed by atoms with Gasteiger partial charge < -0.3 is 16.2 Å². The number of fused-ring (bicyclic) bond motifs is 1. The number of carbonyl (C=O) groups excluding carboxylic acids is 1. The Hall–Kier alpha value is -4.26. The molecule has 41 heavy (non-hydrogen) atoms. The number of hydrogen-bond acceptors (Lipinski definition) is 6. The van der Waals surface area contributed by atoms with Gasteiger partial charge in [-0.3, -0.25) is 14.0 Å². The van der Waals surface area contributed by atoms with E-state index in [0.29, 0.717) is 37.6 Å². The van der Waals surface area contributed by atoms with Crippen LogP contribution in [0.4, 0.5) is 29.2 Å². The van der Waals surface area contributed by atoms with Crippen molar-refractivity contribution in [3.05, 3.63) is 70.6 Å². The van der Waals surface area contributed by atoms with Crippen molar-refractivity contribution in [1.82, 2.24) is 19.4 Å². The molecule has 0 unspecified atom stereocenters. The normalized spacial score (nSPS) is 19.3. The van der Waals surface area contributed by atoms with E-state index in [4.69, 9.17) is 17.3 Å². The number of hydrogen-bond donors (Lipinski definition) is 3. The van der Waals surface area contributed by atoms with Crippen molar-refractivity contribution in [1.29, 1.82) is 0 Å². The van der Waals surface area contributed by atoms with E-state index in [2.05, 4.69) is 20.3 Å². The van der Waals surface area contributed by atoms with Gasteiger partial charge in [0.2, 0.25) is 0 Å². The Morgan fingerprint density at radius 1 is 1.17 bits per heavy atom. The second-order valence-electron chi connectivity index (χ2n) is 10.2. The van der Waals surface area contributed by atoms with Gasteiger partial charge in [-0.1, -0.05) is 11.6 Å². The van der Waals surface area contributed by atoms with Crippen LogP contribution in [0.25, 0.3) is 16.8 Å². The van der Waals surface area contributed by atoms with Crippen LogP contribution >= 0.6 is 11.6 Å². The van der Waals surface area contributed by atoms with Crippen LogP contribution in [0, 0.1) is 11.2 Å². The zero-order chi connectivity index (χ0) is 29.7. The maximum atomic E-state index is 15.5. The van der Waals surface area contributed by atoms with Crippen LogP contribution in [0.3, 0.4) is 0 Å². The van der Waals surface area contributed by atoms with Crippen molar-refractivity contribution >= 4 is 40.6 Å². The fourth-order valence-corrected chi connectivity index (χ4v) is 5.25. The summed E-state index contributed by atoms with van der Waals surface area (Å²) in [6.45, 7) is 1.70. The van der Waals surface area contributed by atoms with Gasteiger partial charge in [-0.05, 0) is 62.9 Å². The largest absolute Gasteiger partial charge is 0.481 e.